The molecule has 0 aliphatic rings. The molecule has 1 amide bonds. The van der Waals surface area contributed by atoms with Gasteiger partial charge in [0.15, 0.2) is 0 Å². The molecule has 32 heavy (non-hydrogen) atoms. The summed E-state index contributed by atoms with van der Waals surface area (Å²) in [5.74, 6) is -0.150. The number of nitrogens with one attached hydrogen (secondary N) is 1. The van der Waals surface area contributed by atoms with E-state index in [2.05, 4.69) is 27.6 Å². The molecule has 0 unspecified atom stereocenters. The van der Waals surface area contributed by atoms with Crippen molar-refractivity contribution in [2.24, 2.45) is 5.10 Å². The van der Waals surface area contributed by atoms with E-state index in [1.807, 2.05) is 89.5 Å². The first-order chi connectivity index (χ1) is 15.8. The van der Waals surface area contributed by atoms with Crippen LogP contribution in [0, 0.1) is 0 Å². The number of carbonyl (C=O) groups is 1. The lowest BCUT2D eigenvalue weighted by atomic mass is 10.0. The van der Waals surface area contributed by atoms with Crippen molar-refractivity contribution >= 4 is 18.2 Å². The highest BCUT2D eigenvalue weighted by molar-refractivity contribution is 5.82. The fraction of sp³-hybridized carbons (Fsp3) is 0.0741. The Labute approximate surface area is 187 Å². The van der Waals surface area contributed by atoms with Crippen molar-refractivity contribution in [1.29, 1.82) is 0 Å². The number of carbonyl (C=O) groups excluding carboxylic acids is 1. The molecular weight excluding hydrogens is 396 g/mol. The first kappa shape index (κ1) is 21.0. The Bertz CT molecular complexity index is 1200. The minimum Gasteiger partial charge on any atom is -0.330 e. The van der Waals surface area contributed by atoms with Gasteiger partial charge in [0.2, 0.25) is 5.91 Å². The van der Waals surface area contributed by atoms with Gasteiger partial charge in [-0.05, 0) is 11.6 Å². The maximum absolute atomic E-state index is 12.3. The van der Waals surface area contributed by atoms with Gasteiger partial charge in [-0.3, -0.25) is 4.79 Å². The standard InChI is InChI=1S/C27H24N4O/c32-25(30-29-19-10-13-22-11-4-1-5-12-22)18-20-31-21-28-26(23-14-6-2-7-15-23)27(31)24-16-8-3-9-17-24/h1-17,19,21H,18,20H2,(H,30,32). The summed E-state index contributed by atoms with van der Waals surface area (Å²) in [6, 6.07) is 30.1. The summed E-state index contributed by atoms with van der Waals surface area (Å²) in [5, 5.41) is 4.00. The van der Waals surface area contributed by atoms with E-state index in [0.29, 0.717) is 13.0 Å². The fourth-order valence-corrected chi connectivity index (χ4v) is 3.41. The van der Waals surface area contributed by atoms with E-state index in [1.165, 1.54) is 0 Å². The second-order valence-corrected chi connectivity index (χ2v) is 7.20. The van der Waals surface area contributed by atoms with Gasteiger partial charge in [-0.2, -0.15) is 5.10 Å². The summed E-state index contributed by atoms with van der Waals surface area (Å²) in [4.78, 5) is 16.9. The molecular formula is C27H24N4O. The Morgan fingerprint density at radius 1 is 0.875 bits per heavy atom. The zero-order valence-electron chi connectivity index (χ0n) is 17.6. The molecule has 0 radical (unpaired) electrons. The number of hydrazone groups is 1. The second-order valence-electron chi connectivity index (χ2n) is 7.20. The second kappa shape index (κ2) is 10.7. The number of hydrogen-bond acceptors (Lipinski definition) is 3. The molecule has 1 N–H and O–H groups in total. The molecule has 5 nitrogen and oxygen atoms in total. The lowest BCUT2D eigenvalue weighted by Gasteiger charge is -2.10. The Morgan fingerprint density at radius 3 is 2.19 bits per heavy atom. The third kappa shape index (κ3) is 5.46. The van der Waals surface area contributed by atoms with Gasteiger partial charge in [0.05, 0.1) is 17.7 Å². The Morgan fingerprint density at radius 2 is 1.50 bits per heavy atom. The largest absolute Gasteiger partial charge is 0.330 e. The third-order valence-electron chi connectivity index (χ3n) is 4.95. The minimum atomic E-state index is -0.150. The number of hydrogen-bond donors (Lipinski definition) is 1. The molecule has 158 valence electrons. The molecule has 5 heteroatoms. The Hall–Kier alpha value is -4.25. The lowest BCUT2D eigenvalue weighted by molar-refractivity contribution is -0.121. The SMILES string of the molecule is O=C(CCn1cnc(-c2ccccc2)c1-c1ccccc1)NN=CC=Cc1ccccc1. The van der Waals surface area contributed by atoms with E-state index in [1.54, 1.807) is 18.6 Å². The number of aryl methyl sites for hydroxylation is 1. The van der Waals surface area contributed by atoms with Gasteiger partial charge in [-0.15, -0.1) is 0 Å². The van der Waals surface area contributed by atoms with Crippen molar-refractivity contribution in [3.05, 3.63) is 109 Å². The predicted octanol–water partition coefficient (Wildman–Crippen LogP) is 5.42. The highest BCUT2D eigenvalue weighted by Crippen LogP contribution is 2.31. The van der Waals surface area contributed by atoms with Gasteiger partial charge >= 0.3 is 0 Å². The van der Waals surface area contributed by atoms with Crippen LogP contribution in [0.3, 0.4) is 0 Å². The van der Waals surface area contributed by atoms with E-state index in [9.17, 15) is 4.79 Å². The average Bonchev–Trinajstić information content (AvgIpc) is 3.28. The smallest absolute Gasteiger partial charge is 0.241 e. The van der Waals surface area contributed by atoms with Gasteiger partial charge in [0.25, 0.3) is 0 Å². The van der Waals surface area contributed by atoms with E-state index in [0.717, 1.165) is 28.1 Å². The van der Waals surface area contributed by atoms with Crippen LogP contribution in [0.5, 0.6) is 0 Å². The number of nitrogens with zero attached hydrogens (tertiary/aromatic N) is 3. The molecule has 0 saturated carbocycles. The van der Waals surface area contributed by atoms with Crippen LogP contribution in [0.4, 0.5) is 0 Å². The van der Waals surface area contributed by atoms with Crippen LogP contribution < -0.4 is 5.43 Å². The monoisotopic (exact) mass is 420 g/mol. The van der Waals surface area contributed by atoms with Crippen molar-refractivity contribution in [1.82, 2.24) is 15.0 Å². The first-order valence-electron chi connectivity index (χ1n) is 10.5. The molecule has 0 aliphatic carbocycles. The maximum atomic E-state index is 12.3. The van der Waals surface area contributed by atoms with Gasteiger partial charge in [-0.25, -0.2) is 10.4 Å². The fourth-order valence-electron chi connectivity index (χ4n) is 3.41. The van der Waals surface area contributed by atoms with Crippen molar-refractivity contribution in [3.8, 4) is 22.5 Å². The normalized spacial score (nSPS) is 11.2. The van der Waals surface area contributed by atoms with Crippen LogP contribution in [0.25, 0.3) is 28.6 Å². The van der Waals surface area contributed by atoms with Crippen LogP contribution in [0.15, 0.2) is 109 Å². The zero-order chi connectivity index (χ0) is 22.0. The van der Waals surface area contributed by atoms with Gasteiger partial charge in [0.1, 0.15) is 0 Å². The van der Waals surface area contributed by atoms with Crippen LogP contribution >= 0.6 is 0 Å². The molecule has 0 bridgehead atoms. The Kier molecular flexibility index (Phi) is 7.01. The van der Waals surface area contributed by atoms with E-state index in [-0.39, 0.29) is 5.91 Å². The molecule has 4 aromatic rings. The molecule has 0 fully saturated rings. The van der Waals surface area contributed by atoms with Crippen molar-refractivity contribution in [2.45, 2.75) is 13.0 Å². The summed E-state index contributed by atoms with van der Waals surface area (Å²) >= 11 is 0. The highest BCUT2D eigenvalue weighted by atomic mass is 16.2. The lowest BCUT2D eigenvalue weighted by Crippen LogP contribution is -2.19. The van der Waals surface area contributed by atoms with Crippen molar-refractivity contribution in [3.63, 3.8) is 0 Å². The van der Waals surface area contributed by atoms with Crippen molar-refractivity contribution < 1.29 is 4.79 Å². The predicted molar refractivity (Wildman–Crippen MR) is 130 cm³/mol. The zero-order valence-corrected chi connectivity index (χ0v) is 17.6. The number of amides is 1. The molecule has 0 atom stereocenters. The van der Waals surface area contributed by atoms with Gasteiger partial charge in [-0.1, -0.05) is 97.1 Å². The molecule has 1 aromatic heterocycles. The summed E-state index contributed by atoms with van der Waals surface area (Å²) in [6.45, 7) is 0.505. The molecule has 4 rings (SSSR count). The average molecular weight is 421 g/mol. The maximum Gasteiger partial charge on any atom is 0.241 e. The summed E-state index contributed by atoms with van der Waals surface area (Å²) in [7, 11) is 0. The van der Waals surface area contributed by atoms with E-state index < -0.39 is 0 Å². The molecule has 1 heterocycles. The highest BCUT2D eigenvalue weighted by Gasteiger charge is 2.15. The van der Waals surface area contributed by atoms with Crippen LogP contribution in [-0.4, -0.2) is 21.7 Å². The summed E-state index contributed by atoms with van der Waals surface area (Å²) < 4.78 is 2.02. The topological polar surface area (TPSA) is 59.3 Å². The number of rotatable bonds is 8. The van der Waals surface area contributed by atoms with Crippen molar-refractivity contribution in [2.75, 3.05) is 0 Å². The number of aromatic nitrogens is 2. The van der Waals surface area contributed by atoms with E-state index >= 15 is 0 Å². The molecule has 0 saturated heterocycles. The third-order valence-corrected chi connectivity index (χ3v) is 4.95. The molecule has 3 aromatic carbocycles. The summed E-state index contributed by atoms with van der Waals surface area (Å²) in [6.07, 6.45) is 7.39. The van der Waals surface area contributed by atoms with Gasteiger partial charge < -0.3 is 4.57 Å². The first-order valence-corrected chi connectivity index (χ1v) is 10.5. The number of allylic oxidation sites excluding steroid dienone is 1. The van der Waals surface area contributed by atoms with Gasteiger partial charge in [0, 0.05) is 30.3 Å². The number of imidazole rings is 1. The summed E-state index contributed by atoms with van der Waals surface area (Å²) in [5.41, 5.74) is 7.67. The number of benzene rings is 3. The van der Waals surface area contributed by atoms with Crippen LogP contribution in [-0.2, 0) is 11.3 Å². The quantitative estimate of drug-likeness (QED) is 0.305. The van der Waals surface area contributed by atoms with E-state index in [4.69, 9.17) is 0 Å². The minimum absolute atomic E-state index is 0.150. The van der Waals surface area contributed by atoms with Crippen LogP contribution in [0.1, 0.15) is 12.0 Å². The van der Waals surface area contributed by atoms with Crippen LogP contribution in [0.2, 0.25) is 0 Å². The molecule has 0 spiro atoms. The molecule has 0 aliphatic heterocycles. The Balaban J connectivity index is 1.42.